The molecule has 0 radical (unpaired) electrons. The number of likely N-dealkylation sites (tertiary alicyclic amines) is 1. The van der Waals surface area contributed by atoms with Gasteiger partial charge in [0.15, 0.2) is 0 Å². The van der Waals surface area contributed by atoms with Crippen molar-refractivity contribution in [3.8, 4) is 0 Å². The second-order valence-corrected chi connectivity index (χ2v) is 6.28. The monoisotopic (exact) mass is 332 g/mol. The Morgan fingerprint density at radius 1 is 1.29 bits per heavy atom. The Kier molecular flexibility index (Phi) is 7.06. The molecule has 132 valence electrons. The van der Waals surface area contributed by atoms with Gasteiger partial charge in [-0.2, -0.15) is 0 Å². The molecule has 0 saturated carbocycles. The van der Waals surface area contributed by atoms with Gasteiger partial charge in [0.2, 0.25) is 5.91 Å². The van der Waals surface area contributed by atoms with Gasteiger partial charge in [0.05, 0.1) is 6.04 Å². The Morgan fingerprint density at radius 2 is 2.04 bits per heavy atom. The Morgan fingerprint density at radius 3 is 2.75 bits per heavy atom. The lowest BCUT2D eigenvalue weighted by atomic mass is 10.00. The highest BCUT2D eigenvalue weighted by Crippen LogP contribution is 2.18. The SMILES string of the molecule is CCCC(N)C(=O)N1CCCCC1CNC(=O)Nc1ccccc1. The minimum Gasteiger partial charge on any atom is -0.337 e. The van der Waals surface area contributed by atoms with Crippen LogP contribution in [-0.4, -0.2) is 42.0 Å². The normalized spacial score (nSPS) is 18.8. The van der Waals surface area contributed by atoms with Gasteiger partial charge in [0.1, 0.15) is 0 Å². The molecule has 0 spiro atoms. The van der Waals surface area contributed by atoms with Crippen LogP contribution < -0.4 is 16.4 Å². The summed E-state index contributed by atoms with van der Waals surface area (Å²) in [5, 5.41) is 5.66. The average Bonchev–Trinajstić information content (AvgIpc) is 2.60. The lowest BCUT2D eigenvalue weighted by Gasteiger charge is -2.37. The molecule has 3 amide bonds. The summed E-state index contributed by atoms with van der Waals surface area (Å²) in [5.74, 6) is 0.00631. The highest BCUT2D eigenvalue weighted by molar-refractivity contribution is 5.89. The third-order valence-electron chi connectivity index (χ3n) is 4.36. The average molecular weight is 332 g/mol. The van der Waals surface area contributed by atoms with Gasteiger partial charge in [-0.1, -0.05) is 31.5 Å². The van der Waals surface area contributed by atoms with Crippen LogP contribution in [0.2, 0.25) is 0 Å². The number of amides is 3. The molecular formula is C18H28N4O2. The van der Waals surface area contributed by atoms with E-state index in [0.29, 0.717) is 13.0 Å². The smallest absolute Gasteiger partial charge is 0.319 e. The predicted molar refractivity (Wildman–Crippen MR) is 95.7 cm³/mol. The van der Waals surface area contributed by atoms with Gasteiger partial charge in [-0.25, -0.2) is 4.79 Å². The minimum absolute atomic E-state index is 0.00631. The highest BCUT2D eigenvalue weighted by atomic mass is 16.2. The number of urea groups is 1. The molecule has 4 N–H and O–H groups in total. The van der Waals surface area contributed by atoms with E-state index in [1.165, 1.54) is 0 Å². The van der Waals surface area contributed by atoms with E-state index in [0.717, 1.165) is 37.9 Å². The number of rotatable bonds is 6. The van der Waals surface area contributed by atoms with Crippen molar-refractivity contribution in [2.45, 2.75) is 51.1 Å². The quantitative estimate of drug-likeness (QED) is 0.747. The second kappa shape index (κ2) is 9.27. The Balaban J connectivity index is 1.86. The number of anilines is 1. The molecule has 2 atom stereocenters. The van der Waals surface area contributed by atoms with Gasteiger partial charge < -0.3 is 21.3 Å². The molecule has 1 aromatic carbocycles. The number of piperidine rings is 1. The zero-order valence-corrected chi connectivity index (χ0v) is 14.3. The molecule has 6 heteroatoms. The fourth-order valence-electron chi connectivity index (χ4n) is 3.06. The maximum Gasteiger partial charge on any atom is 0.319 e. The Hall–Kier alpha value is -2.08. The fourth-order valence-corrected chi connectivity index (χ4v) is 3.06. The van der Waals surface area contributed by atoms with Crippen molar-refractivity contribution in [1.29, 1.82) is 0 Å². The first-order valence-electron chi connectivity index (χ1n) is 8.77. The molecule has 24 heavy (non-hydrogen) atoms. The van der Waals surface area contributed by atoms with Crippen LogP contribution in [0.25, 0.3) is 0 Å². The molecule has 6 nitrogen and oxygen atoms in total. The zero-order valence-electron chi connectivity index (χ0n) is 14.3. The third kappa shape index (κ3) is 5.23. The van der Waals surface area contributed by atoms with Crippen molar-refractivity contribution in [2.24, 2.45) is 5.73 Å². The van der Waals surface area contributed by atoms with Crippen molar-refractivity contribution < 1.29 is 9.59 Å². The number of benzene rings is 1. The second-order valence-electron chi connectivity index (χ2n) is 6.28. The first-order valence-corrected chi connectivity index (χ1v) is 8.77. The number of nitrogens with one attached hydrogen (secondary N) is 2. The summed E-state index contributed by atoms with van der Waals surface area (Å²) in [5.41, 5.74) is 6.73. The van der Waals surface area contributed by atoms with E-state index in [4.69, 9.17) is 5.73 Å². The Labute approximate surface area is 143 Å². The predicted octanol–water partition coefficient (Wildman–Crippen LogP) is 2.32. The lowest BCUT2D eigenvalue weighted by molar-refractivity contribution is -0.136. The number of hydrogen-bond acceptors (Lipinski definition) is 3. The summed E-state index contributed by atoms with van der Waals surface area (Å²) in [6.45, 7) is 3.20. The van der Waals surface area contributed by atoms with E-state index in [1.807, 2.05) is 42.2 Å². The van der Waals surface area contributed by atoms with Crippen molar-refractivity contribution in [2.75, 3.05) is 18.4 Å². The van der Waals surface area contributed by atoms with Crippen LogP contribution >= 0.6 is 0 Å². The summed E-state index contributed by atoms with van der Waals surface area (Å²) in [6.07, 6.45) is 4.56. The maximum atomic E-state index is 12.5. The summed E-state index contributed by atoms with van der Waals surface area (Å²) in [6, 6.07) is 8.63. The van der Waals surface area contributed by atoms with Crippen LogP contribution in [0.3, 0.4) is 0 Å². The van der Waals surface area contributed by atoms with Crippen LogP contribution in [0.5, 0.6) is 0 Å². The highest BCUT2D eigenvalue weighted by Gasteiger charge is 2.29. The molecule has 0 aliphatic carbocycles. The fraction of sp³-hybridized carbons (Fsp3) is 0.556. The van der Waals surface area contributed by atoms with E-state index in [2.05, 4.69) is 10.6 Å². The van der Waals surface area contributed by atoms with E-state index >= 15 is 0 Å². The summed E-state index contributed by atoms with van der Waals surface area (Å²) in [7, 11) is 0. The van der Waals surface area contributed by atoms with Crippen LogP contribution in [0.4, 0.5) is 10.5 Å². The molecule has 0 bridgehead atoms. The van der Waals surface area contributed by atoms with Crippen molar-refractivity contribution in [3.63, 3.8) is 0 Å². The van der Waals surface area contributed by atoms with Gasteiger partial charge in [-0.05, 0) is 37.8 Å². The van der Waals surface area contributed by atoms with E-state index in [-0.39, 0.29) is 18.0 Å². The molecule has 1 fully saturated rings. The summed E-state index contributed by atoms with van der Waals surface area (Å²) in [4.78, 5) is 26.4. The van der Waals surface area contributed by atoms with Crippen molar-refractivity contribution in [1.82, 2.24) is 10.2 Å². The van der Waals surface area contributed by atoms with Crippen LogP contribution in [-0.2, 0) is 4.79 Å². The first-order chi connectivity index (χ1) is 11.6. The van der Waals surface area contributed by atoms with Crippen molar-refractivity contribution in [3.05, 3.63) is 30.3 Å². The number of nitrogens with zero attached hydrogens (tertiary/aromatic N) is 1. The molecule has 1 saturated heterocycles. The molecule has 2 rings (SSSR count). The molecule has 0 aromatic heterocycles. The summed E-state index contributed by atoms with van der Waals surface area (Å²) < 4.78 is 0. The molecule has 2 unspecified atom stereocenters. The standard InChI is InChI=1S/C18H28N4O2/c1-2-8-16(19)17(23)22-12-7-6-11-15(22)13-20-18(24)21-14-9-4-3-5-10-14/h3-5,9-10,15-16H,2,6-8,11-13,19H2,1H3,(H2,20,21,24). The third-order valence-corrected chi connectivity index (χ3v) is 4.36. The van der Waals surface area contributed by atoms with E-state index in [9.17, 15) is 9.59 Å². The maximum absolute atomic E-state index is 12.5. The molecule has 1 heterocycles. The Bertz CT molecular complexity index is 535. The number of carbonyl (C=O) groups is 2. The first kappa shape index (κ1) is 18.3. The molecule has 1 aliphatic rings. The number of nitrogens with two attached hydrogens (primary N) is 1. The largest absolute Gasteiger partial charge is 0.337 e. The topological polar surface area (TPSA) is 87.5 Å². The van der Waals surface area contributed by atoms with Crippen LogP contribution in [0, 0.1) is 0 Å². The number of hydrogen-bond donors (Lipinski definition) is 3. The minimum atomic E-state index is -0.436. The van der Waals surface area contributed by atoms with Gasteiger partial charge in [0.25, 0.3) is 0 Å². The van der Waals surface area contributed by atoms with Gasteiger partial charge in [-0.15, -0.1) is 0 Å². The van der Waals surface area contributed by atoms with Gasteiger partial charge in [0, 0.05) is 24.8 Å². The van der Waals surface area contributed by atoms with E-state index in [1.54, 1.807) is 0 Å². The number of para-hydroxylation sites is 1. The molecular weight excluding hydrogens is 304 g/mol. The lowest BCUT2D eigenvalue weighted by Crippen LogP contribution is -2.54. The van der Waals surface area contributed by atoms with Crippen molar-refractivity contribution >= 4 is 17.6 Å². The number of carbonyl (C=O) groups excluding carboxylic acids is 2. The van der Waals surface area contributed by atoms with Crippen LogP contribution in [0.1, 0.15) is 39.0 Å². The summed E-state index contributed by atoms with van der Waals surface area (Å²) >= 11 is 0. The van der Waals surface area contributed by atoms with Crippen LogP contribution in [0.15, 0.2) is 30.3 Å². The van der Waals surface area contributed by atoms with Gasteiger partial charge >= 0.3 is 6.03 Å². The van der Waals surface area contributed by atoms with E-state index < -0.39 is 6.04 Å². The molecule has 1 aliphatic heterocycles. The molecule has 1 aromatic rings. The zero-order chi connectivity index (χ0) is 17.4. The van der Waals surface area contributed by atoms with Gasteiger partial charge in [-0.3, -0.25) is 4.79 Å².